The molecule has 7 heteroatoms. The van der Waals surface area contributed by atoms with E-state index in [1.807, 2.05) is 0 Å². The van der Waals surface area contributed by atoms with Gasteiger partial charge in [-0.05, 0) is 34.1 Å². The molecule has 6 nitrogen and oxygen atoms in total. The van der Waals surface area contributed by atoms with Crippen molar-refractivity contribution in [3.8, 4) is 0 Å². The van der Waals surface area contributed by atoms with Gasteiger partial charge >= 0.3 is 0 Å². The van der Waals surface area contributed by atoms with Gasteiger partial charge in [-0.3, -0.25) is 4.79 Å². The largest absolute Gasteiger partial charge is 0.383 e. The van der Waals surface area contributed by atoms with Gasteiger partial charge < -0.3 is 15.8 Å². The van der Waals surface area contributed by atoms with Crippen LogP contribution in [0.5, 0.6) is 0 Å². The minimum Gasteiger partial charge on any atom is -0.383 e. The number of nitrogens with two attached hydrogens (primary N) is 1. The second-order valence-corrected chi connectivity index (χ2v) is 5.18. The lowest BCUT2D eigenvalue weighted by atomic mass is 10.1. The van der Waals surface area contributed by atoms with Crippen LogP contribution in [-0.2, 0) is 4.74 Å². The van der Waals surface area contributed by atoms with E-state index in [1.54, 1.807) is 31.5 Å². The Morgan fingerprint density at radius 3 is 2.86 bits per heavy atom. The number of aromatic nitrogens is 2. The first-order valence-corrected chi connectivity index (χ1v) is 7.05. The minimum absolute atomic E-state index is 0.200. The van der Waals surface area contributed by atoms with E-state index in [9.17, 15) is 4.79 Å². The van der Waals surface area contributed by atoms with Gasteiger partial charge in [0.15, 0.2) is 5.78 Å². The molecule has 0 spiro atoms. The summed E-state index contributed by atoms with van der Waals surface area (Å²) in [6, 6.07) is 5.09. The molecular formula is C14H15BrN4O2. The maximum Gasteiger partial charge on any atom is 0.198 e. The number of carbonyl (C=O) groups is 1. The first kappa shape index (κ1) is 15.4. The lowest BCUT2D eigenvalue weighted by Gasteiger charge is -2.07. The van der Waals surface area contributed by atoms with Gasteiger partial charge in [-0.1, -0.05) is 0 Å². The average molecular weight is 351 g/mol. The molecule has 0 aliphatic rings. The van der Waals surface area contributed by atoms with Crippen LogP contribution in [0.15, 0.2) is 35.1 Å². The Morgan fingerprint density at radius 2 is 2.19 bits per heavy atom. The van der Waals surface area contributed by atoms with Gasteiger partial charge in [0.1, 0.15) is 11.6 Å². The molecule has 0 aliphatic carbocycles. The zero-order chi connectivity index (χ0) is 15.2. The molecule has 0 aromatic carbocycles. The Morgan fingerprint density at radius 1 is 1.38 bits per heavy atom. The lowest BCUT2D eigenvalue weighted by Crippen LogP contribution is -2.10. The fraction of sp³-hybridized carbons (Fsp3) is 0.214. The summed E-state index contributed by atoms with van der Waals surface area (Å²) < 4.78 is 5.64. The van der Waals surface area contributed by atoms with Gasteiger partial charge in [-0.15, -0.1) is 0 Å². The summed E-state index contributed by atoms with van der Waals surface area (Å²) in [6.07, 6.45) is 3.06. The van der Waals surface area contributed by atoms with E-state index in [4.69, 9.17) is 10.5 Å². The number of halogens is 1. The molecule has 3 N–H and O–H groups in total. The number of nitrogens with one attached hydrogen (secondary N) is 1. The molecule has 2 aromatic heterocycles. The third-order valence-electron chi connectivity index (χ3n) is 2.77. The van der Waals surface area contributed by atoms with Crippen molar-refractivity contribution in [1.29, 1.82) is 0 Å². The molecule has 0 saturated carbocycles. The van der Waals surface area contributed by atoms with Crippen molar-refractivity contribution in [1.82, 2.24) is 9.97 Å². The smallest absolute Gasteiger partial charge is 0.198 e. The number of ketones is 1. The number of rotatable bonds is 6. The second kappa shape index (κ2) is 7.14. The normalized spacial score (nSPS) is 10.4. The summed E-state index contributed by atoms with van der Waals surface area (Å²) in [6.45, 7) is 1.24. The molecule has 21 heavy (non-hydrogen) atoms. The highest BCUT2D eigenvalue weighted by Crippen LogP contribution is 2.19. The molecule has 0 unspecified atom stereocenters. The summed E-state index contributed by atoms with van der Waals surface area (Å²) in [5, 5.41) is 3.08. The molecule has 0 saturated heterocycles. The van der Waals surface area contributed by atoms with Crippen molar-refractivity contribution >= 4 is 33.3 Å². The van der Waals surface area contributed by atoms with E-state index in [0.717, 1.165) is 0 Å². The Hall–Kier alpha value is -1.99. The molecule has 0 aliphatic heterocycles. The third-order valence-corrected chi connectivity index (χ3v) is 3.20. The van der Waals surface area contributed by atoms with E-state index >= 15 is 0 Å². The van der Waals surface area contributed by atoms with E-state index < -0.39 is 0 Å². The van der Waals surface area contributed by atoms with E-state index in [0.29, 0.717) is 34.6 Å². The Bertz CT molecular complexity index is 631. The first-order valence-electron chi connectivity index (χ1n) is 6.26. The maximum atomic E-state index is 12.4. The topological polar surface area (TPSA) is 90.1 Å². The number of nitrogen functional groups attached to an aromatic ring is 1. The number of hydrogen-bond donors (Lipinski definition) is 2. The predicted molar refractivity (Wildman–Crippen MR) is 84.4 cm³/mol. The van der Waals surface area contributed by atoms with Gasteiger partial charge in [0, 0.05) is 36.1 Å². The van der Waals surface area contributed by atoms with Gasteiger partial charge in [-0.25, -0.2) is 9.97 Å². The van der Waals surface area contributed by atoms with Gasteiger partial charge in [0.25, 0.3) is 0 Å². The van der Waals surface area contributed by atoms with Gasteiger partial charge in [0.05, 0.1) is 12.2 Å². The Kier molecular flexibility index (Phi) is 5.24. The van der Waals surface area contributed by atoms with Crippen LogP contribution in [0, 0.1) is 0 Å². The molecule has 110 valence electrons. The monoisotopic (exact) mass is 350 g/mol. The summed E-state index contributed by atoms with van der Waals surface area (Å²) >= 11 is 3.28. The van der Waals surface area contributed by atoms with Crippen LogP contribution in [0.1, 0.15) is 15.9 Å². The summed E-state index contributed by atoms with van der Waals surface area (Å²) in [7, 11) is 1.63. The zero-order valence-corrected chi connectivity index (χ0v) is 13.1. The summed E-state index contributed by atoms with van der Waals surface area (Å²) in [5.41, 5.74) is 6.55. The molecule has 0 radical (unpaired) electrons. The van der Waals surface area contributed by atoms with Crippen LogP contribution in [0.2, 0.25) is 0 Å². The quantitative estimate of drug-likeness (QED) is 0.612. The fourth-order valence-electron chi connectivity index (χ4n) is 1.70. The van der Waals surface area contributed by atoms with Crippen molar-refractivity contribution < 1.29 is 9.53 Å². The number of nitrogens with zero attached hydrogens (tertiary/aromatic N) is 2. The lowest BCUT2D eigenvalue weighted by molar-refractivity contribution is 0.103. The molecule has 0 amide bonds. The number of anilines is 2. The van der Waals surface area contributed by atoms with Crippen LogP contribution in [-0.4, -0.2) is 36.0 Å². The zero-order valence-electron chi connectivity index (χ0n) is 11.5. The summed E-state index contributed by atoms with van der Waals surface area (Å²) in [5.74, 6) is 0.673. The highest BCUT2D eigenvalue weighted by atomic mass is 79.9. The second-order valence-electron chi connectivity index (χ2n) is 4.27. The maximum absolute atomic E-state index is 12.4. The molecule has 0 atom stereocenters. The highest BCUT2D eigenvalue weighted by Gasteiger charge is 2.14. The molecule has 2 rings (SSSR count). The number of pyridine rings is 2. The minimum atomic E-state index is -0.211. The molecular weight excluding hydrogens is 336 g/mol. The van der Waals surface area contributed by atoms with E-state index in [1.165, 1.54) is 6.20 Å². The molecule has 0 fully saturated rings. The Balaban J connectivity index is 2.14. The summed E-state index contributed by atoms with van der Waals surface area (Å²) in [4.78, 5) is 20.5. The van der Waals surface area contributed by atoms with Crippen molar-refractivity contribution in [3.63, 3.8) is 0 Å². The first-order chi connectivity index (χ1) is 10.1. The molecule has 0 bridgehead atoms. The van der Waals surface area contributed by atoms with Crippen LogP contribution >= 0.6 is 15.9 Å². The number of hydrogen-bond acceptors (Lipinski definition) is 6. The number of ether oxygens (including phenoxy) is 1. The van der Waals surface area contributed by atoms with Crippen LogP contribution in [0.4, 0.5) is 11.6 Å². The molecule has 2 heterocycles. The SMILES string of the molecule is COCCNc1ccc(C(=O)c2cc(Br)cnc2N)cn1. The standard InChI is InChI=1S/C14H15BrN4O2/c1-21-5-4-17-12-3-2-9(7-18-12)13(20)11-6-10(15)8-19-14(11)16/h2-3,6-8H,4-5H2,1H3,(H2,16,19)(H,17,18). The number of methoxy groups -OCH3 is 1. The van der Waals surface area contributed by atoms with Gasteiger partial charge in [0.2, 0.25) is 0 Å². The number of carbonyl (C=O) groups excluding carboxylic acids is 1. The fourth-order valence-corrected chi connectivity index (χ4v) is 2.03. The van der Waals surface area contributed by atoms with Crippen LogP contribution in [0.25, 0.3) is 0 Å². The Labute approximate surface area is 130 Å². The van der Waals surface area contributed by atoms with Gasteiger partial charge in [-0.2, -0.15) is 0 Å². The highest BCUT2D eigenvalue weighted by molar-refractivity contribution is 9.10. The molecule has 2 aromatic rings. The van der Waals surface area contributed by atoms with Crippen molar-refractivity contribution in [2.45, 2.75) is 0 Å². The van der Waals surface area contributed by atoms with Crippen LogP contribution < -0.4 is 11.1 Å². The van der Waals surface area contributed by atoms with Crippen molar-refractivity contribution in [2.24, 2.45) is 0 Å². The van der Waals surface area contributed by atoms with Crippen molar-refractivity contribution in [3.05, 3.63) is 46.2 Å². The van der Waals surface area contributed by atoms with Crippen LogP contribution in [0.3, 0.4) is 0 Å². The van der Waals surface area contributed by atoms with E-state index in [2.05, 4.69) is 31.2 Å². The van der Waals surface area contributed by atoms with Crippen molar-refractivity contribution in [2.75, 3.05) is 31.3 Å². The average Bonchev–Trinajstić information content (AvgIpc) is 2.50. The van der Waals surface area contributed by atoms with E-state index in [-0.39, 0.29) is 11.6 Å². The predicted octanol–water partition coefficient (Wildman–Crippen LogP) is 2.11. The third kappa shape index (κ3) is 3.99.